The molecule has 4 unspecified atom stereocenters. The van der Waals surface area contributed by atoms with Gasteiger partial charge in [0.25, 0.3) is 11.8 Å². The topological polar surface area (TPSA) is 46.6 Å². The van der Waals surface area contributed by atoms with E-state index in [0.717, 1.165) is 37.0 Å². The third-order valence-corrected chi connectivity index (χ3v) is 7.18. The van der Waals surface area contributed by atoms with Crippen LogP contribution in [0.2, 0.25) is 0 Å². The fourth-order valence-electron chi connectivity index (χ4n) is 5.98. The van der Waals surface area contributed by atoms with Crippen molar-refractivity contribution in [2.24, 2.45) is 11.8 Å². The number of hydrogen-bond donors (Lipinski definition) is 0. The maximum Gasteiger partial charge on any atom is 0.254 e. The van der Waals surface area contributed by atoms with E-state index in [4.69, 9.17) is 4.74 Å². The molecule has 2 amide bonds. The molecule has 0 aromatic heterocycles. The fraction of sp³-hybridized carbons (Fsp3) is 0.385. The maximum atomic E-state index is 12.8. The standard InChI is InChI=1S/C26H27NO3/c28-24-17-18-25(29)27(24)23-16-15-19-9-7-8-14-22(19)26(23,20-10-3-1-4-11-20)30-21-12-5-2-6-13-21/h1-6,10-13,17-19,22-23H,7-9,14-16H2. The van der Waals surface area contributed by atoms with Gasteiger partial charge in [-0.1, -0.05) is 67.8 Å². The summed E-state index contributed by atoms with van der Waals surface area (Å²) in [5.74, 6) is 1.13. The van der Waals surface area contributed by atoms with Gasteiger partial charge < -0.3 is 4.74 Å². The summed E-state index contributed by atoms with van der Waals surface area (Å²) in [5.41, 5.74) is 0.312. The van der Waals surface area contributed by atoms with Gasteiger partial charge in [0, 0.05) is 18.1 Å². The predicted octanol–water partition coefficient (Wildman–Crippen LogP) is 4.85. The molecule has 0 radical (unpaired) electrons. The van der Waals surface area contributed by atoms with Gasteiger partial charge in [0.15, 0.2) is 5.60 Å². The van der Waals surface area contributed by atoms with Crippen molar-refractivity contribution in [1.29, 1.82) is 0 Å². The Kier molecular flexibility index (Phi) is 4.93. The van der Waals surface area contributed by atoms with E-state index < -0.39 is 5.60 Å². The molecule has 5 rings (SSSR count). The molecule has 0 spiro atoms. The maximum absolute atomic E-state index is 12.8. The molecule has 4 atom stereocenters. The Bertz CT molecular complexity index is 937. The minimum absolute atomic E-state index is 0.226. The number of hydrogen-bond acceptors (Lipinski definition) is 3. The minimum Gasteiger partial charge on any atom is -0.480 e. The van der Waals surface area contributed by atoms with Crippen molar-refractivity contribution in [3.05, 3.63) is 78.4 Å². The van der Waals surface area contributed by atoms with Crippen molar-refractivity contribution in [1.82, 2.24) is 4.90 Å². The van der Waals surface area contributed by atoms with Crippen LogP contribution < -0.4 is 4.74 Å². The molecule has 2 aromatic rings. The highest BCUT2D eigenvalue weighted by atomic mass is 16.5. The number of rotatable bonds is 4. The van der Waals surface area contributed by atoms with Gasteiger partial charge in [-0.25, -0.2) is 0 Å². The lowest BCUT2D eigenvalue weighted by molar-refractivity contribution is -0.161. The van der Waals surface area contributed by atoms with Crippen molar-refractivity contribution in [3.63, 3.8) is 0 Å². The normalized spacial score (nSPS) is 30.9. The van der Waals surface area contributed by atoms with Gasteiger partial charge in [-0.2, -0.15) is 0 Å². The van der Waals surface area contributed by atoms with E-state index >= 15 is 0 Å². The lowest BCUT2D eigenvalue weighted by Crippen LogP contribution is -2.63. The highest BCUT2D eigenvalue weighted by Crippen LogP contribution is 2.54. The highest BCUT2D eigenvalue weighted by Gasteiger charge is 2.58. The average molecular weight is 402 g/mol. The van der Waals surface area contributed by atoms with Gasteiger partial charge in [0.05, 0.1) is 6.04 Å². The fourth-order valence-corrected chi connectivity index (χ4v) is 5.98. The van der Waals surface area contributed by atoms with Gasteiger partial charge >= 0.3 is 0 Å². The number of carbonyl (C=O) groups is 2. The molecule has 1 aliphatic heterocycles. The Morgan fingerprint density at radius 2 is 1.40 bits per heavy atom. The largest absolute Gasteiger partial charge is 0.480 e. The Balaban J connectivity index is 1.70. The van der Waals surface area contributed by atoms with E-state index in [9.17, 15) is 9.59 Å². The number of carbonyl (C=O) groups excluding carboxylic acids is 2. The number of ether oxygens (including phenoxy) is 1. The Hall–Kier alpha value is -2.88. The molecule has 1 heterocycles. The number of benzene rings is 2. The van der Waals surface area contributed by atoms with E-state index in [1.807, 2.05) is 48.5 Å². The van der Waals surface area contributed by atoms with E-state index in [1.165, 1.54) is 29.9 Å². The zero-order chi connectivity index (χ0) is 20.6. The number of imide groups is 1. The van der Waals surface area contributed by atoms with Crippen molar-refractivity contribution >= 4 is 11.8 Å². The van der Waals surface area contributed by atoms with Crippen LogP contribution in [0.25, 0.3) is 0 Å². The van der Waals surface area contributed by atoms with Gasteiger partial charge in [0.2, 0.25) is 0 Å². The van der Waals surface area contributed by atoms with Crippen LogP contribution >= 0.6 is 0 Å². The predicted molar refractivity (Wildman–Crippen MR) is 115 cm³/mol. The van der Waals surface area contributed by atoms with Crippen molar-refractivity contribution < 1.29 is 14.3 Å². The molecule has 4 nitrogen and oxygen atoms in total. The summed E-state index contributed by atoms with van der Waals surface area (Å²) in [6, 6.07) is 19.8. The second-order valence-electron chi connectivity index (χ2n) is 8.70. The SMILES string of the molecule is O=C1C=CC(=O)N1C1CCC2CCCCC2C1(Oc1ccccc1)c1ccccc1. The Labute approximate surface area is 177 Å². The molecule has 0 saturated heterocycles. The van der Waals surface area contributed by atoms with Gasteiger partial charge in [-0.05, 0) is 42.9 Å². The van der Waals surface area contributed by atoms with Crippen LogP contribution in [0.4, 0.5) is 0 Å². The van der Waals surface area contributed by atoms with Crippen LogP contribution in [-0.4, -0.2) is 22.8 Å². The first-order valence-electron chi connectivity index (χ1n) is 11.0. The lowest BCUT2D eigenvalue weighted by Gasteiger charge is -2.55. The van der Waals surface area contributed by atoms with Crippen molar-refractivity contribution in [2.45, 2.75) is 50.2 Å². The third-order valence-electron chi connectivity index (χ3n) is 7.18. The summed E-state index contributed by atoms with van der Waals surface area (Å²) in [4.78, 5) is 27.0. The minimum atomic E-state index is -0.747. The summed E-state index contributed by atoms with van der Waals surface area (Å²) < 4.78 is 6.95. The smallest absolute Gasteiger partial charge is 0.254 e. The number of fused-ring (bicyclic) bond motifs is 1. The van der Waals surface area contributed by atoms with Crippen molar-refractivity contribution in [2.75, 3.05) is 0 Å². The highest BCUT2D eigenvalue weighted by molar-refractivity contribution is 6.13. The Morgan fingerprint density at radius 3 is 2.10 bits per heavy atom. The molecule has 2 saturated carbocycles. The first-order chi connectivity index (χ1) is 14.7. The van der Waals surface area contributed by atoms with Crippen LogP contribution in [0.1, 0.15) is 44.1 Å². The van der Waals surface area contributed by atoms with Gasteiger partial charge in [0.1, 0.15) is 5.75 Å². The number of nitrogens with zero attached hydrogens (tertiary/aromatic N) is 1. The van der Waals surface area contributed by atoms with E-state index in [0.29, 0.717) is 5.92 Å². The average Bonchev–Trinajstić information content (AvgIpc) is 3.13. The summed E-state index contributed by atoms with van der Waals surface area (Å²) in [7, 11) is 0. The third kappa shape index (κ3) is 3.06. The van der Waals surface area contributed by atoms with Gasteiger partial charge in [-0.15, -0.1) is 0 Å². The summed E-state index contributed by atoms with van der Waals surface area (Å²) in [6.45, 7) is 0. The quantitative estimate of drug-likeness (QED) is 0.688. The number of para-hydroxylation sites is 1. The molecule has 3 aliphatic rings. The van der Waals surface area contributed by atoms with Crippen LogP contribution in [0.15, 0.2) is 72.8 Å². The molecular formula is C26H27NO3. The molecule has 4 heteroatoms. The van der Waals surface area contributed by atoms with Crippen LogP contribution in [0.5, 0.6) is 5.75 Å². The zero-order valence-electron chi connectivity index (χ0n) is 17.1. The van der Waals surface area contributed by atoms with E-state index in [1.54, 1.807) is 0 Å². The van der Waals surface area contributed by atoms with Crippen LogP contribution in [-0.2, 0) is 15.2 Å². The summed E-state index contributed by atoms with van der Waals surface area (Å²) in [6.07, 6.45) is 9.21. The molecule has 2 aromatic carbocycles. The molecule has 2 aliphatic carbocycles. The van der Waals surface area contributed by atoms with Gasteiger partial charge in [-0.3, -0.25) is 14.5 Å². The van der Waals surface area contributed by atoms with Crippen molar-refractivity contribution in [3.8, 4) is 5.75 Å². The molecule has 0 bridgehead atoms. The summed E-state index contributed by atoms with van der Waals surface area (Å²) >= 11 is 0. The number of amides is 2. The molecule has 154 valence electrons. The second kappa shape index (κ2) is 7.75. The lowest BCUT2D eigenvalue weighted by atomic mass is 9.58. The first kappa shape index (κ1) is 19.1. The zero-order valence-corrected chi connectivity index (χ0v) is 17.1. The molecule has 30 heavy (non-hydrogen) atoms. The van der Waals surface area contributed by atoms with E-state index in [2.05, 4.69) is 12.1 Å². The molecular weight excluding hydrogens is 374 g/mol. The van der Waals surface area contributed by atoms with Crippen LogP contribution in [0, 0.1) is 11.8 Å². The molecule has 2 fully saturated rings. The van der Waals surface area contributed by atoms with E-state index in [-0.39, 0.29) is 23.8 Å². The monoisotopic (exact) mass is 401 g/mol. The first-order valence-corrected chi connectivity index (χ1v) is 11.0. The molecule has 0 N–H and O–H groups in total. The Morgan fingerprint density at radius 1 is 0.767 bits per heavy atom. The second-order valence-corrected chi connectivity index (χ2v) is 8.70. The summed E-state index contributed by atoms with van der Waals surface area (Å²) in [5, 5.41) is 0. The van der Waals surface area contributed by atoms with Crippen LogP contribution in [0.3, 0.4) is 0 Å².